The summed E-state index contributed by atoms with van der Waals surface area (Å²) in [5, 5.41) is 11.4. The number of rotatable bonds is 5. The van der Waals surface area contributed by atoms with Crippen molar-refractivity contribution < 1.29 is 14.7 Å². The van der Waals surface area contributed by atoms with Gasteiger partial charge in [0.2, 0.25) is 0 Å². The average molecular weight is 289 g/mol. The molecule has 2 rings (SSSR count). The second-order valence-corrected chi connectivity index (χ2v) is 4.56. The van der Waals surface area contributed by atoms with Gasteiger partial charge in [-0.25, -0.2) is 4.98 Å². The van der Waals surface area contributed by atoms with Crippen LogP contribution in [-0.4, -0.2) is 32.9 Å². The number of nitrogens with zero attached hydrogens (tertiary/aromatic N) is 2. The van der Waals surface area contributed by atoms with Gasteiger partial charge in [0, 0.05) is 18.9 Å². The van der Waals surface area contributed by atoms with E-state index in [0.29, 0.717) is 12.1 Å². The molecular weight excluding hydrogens is 274 g/mol. The number of fused-ring (bicyclic) bond motifs is 1. The summed E-state index contributed by atoms with van der Waals surface area (Å²) >= 11 is 0. The largest absolute Gasteiger partial charge is 0.481 e. The predicted molar refractivity (Wildman–Crippen MR) is 75.2 cm³/mol. The van der Waals surface area contributed by atoms with Crippen LogP contribution in [0.1, 0.15) is 23.7 Å². The van der Waals surface area contributed by atoms with E-state index in [1.807, 2.05) is 0 Å². The molecule has 1 unspecified atom stereocenters. The maximum atomic E-state index is 12.2. The first kappa shape index (κ1) is 14.7. The van der Waals surface area contributed by atoms with E-state index in [1.165, 1.54) is 16.8 Å². The number of carboxylic acid groups (broad SMARTS) is 1. The third kappa shape index (κ3) is 3.07. The SMILES string of the molecule is CCC(CNC(=O)c1cnc2ccccn2c1=O)C(=O)O. The van der Waals surface area contributed by atoms with Crippen molar-refractivity contribution in [3.63, 3.8) is 0 Å². The van der Waals surface area contributed by atoms with E-state index in [9.17, 15) is 14.4 Å². The smallest absolute Gasteiger partial charge is 0.308 e. The molecule has 2 aromatic heterocycles. The number of amides is 1. The van der Waals surface area contributed by atoms with Gasteiger partial charge < -0.3 is 10.4 Å². The molecule has 7 heteroatoms. The molecule has 0 radical (unpaired) electrons. The highest BCUT2D eigenvalue weighted by Gasteiger charge is 2.18. The van der Waals surface area contributed by atoms with E-state index >= 15 is 0 Å². The summed E-state index contributed by atoms with van der Waals surface area (Å²) < 4.78 is 1.27. The monoisotopic (exact) mass is 289 g/mol. The summed E-state index contributed by atoms with van der Waals surface area (Å²) in [6.45, 7) is 1.69. The van der Waals surface area contributed by atoms with Gasteiger partial charge in [-0.3, -0.25) is 18.8 Å². The van der Waals surface area contributed by atoms with E-state index in [2.05, 4.69) is 10.3 Å². The van der Waals surface area contributed by atoms with Gasteiger partial charge in [-0.2, -0.15) is 0 Å². The fourth-order valence-corrected chi connectivity index (χ4v) is 1.90. The third-order valence-corrected chi connectivity index (χ3v) is 3.21. The number of hydrogen-bond acceptors (Lipinski definition) is 4. The summed E-state index contributed by atoms with van der Waals surface area (Å²) in [6, 6.07) is 5.05. The Labute approximate surface area is 120 Å². The Hall–Kier alpha value is -2.70. The van der Waals surface area contributed by atoms with Crippen molar-refractivity contribution in [2.24, 2.45) is 5.92 Å². The molecule has 0 saturated heterocycles. The van der Waals surface area contributed by atoms with Crippen molar-refractivity contribution in [2.75, 3.05) is 6.54 Å². The van der Waals surface area contributed by atoms with Gasteiger partial charge in [0.1, 0.15) is 11.2 Å². The second kappa shape index (κ2) is 6.17. The van der Waals surface area contributed by atoms with Crippen LogP contribution >= 0.6 is 0 Å². The third-order valence-electron chi connectivity index (χ3n) is 3.21. The van der Waals surface area contributed by atoms with E-state index in [1.54, 1.807) is 25.1 Å². The van der Waals surface area contributed by atoms with Crippen LogP contribution in [-0.2, 0) is 4.79 Å². The topological polar surface area (TPSA) is 101 Å². The maximum Gasteiger partial charge on any atom is 0.308 e. The number of carbonyl (C=O) groups is 2. The fourth-order valence-electron chi connectivity index (χ4n) is 1.90. The van der Waals surface area contributed by atoms with E-state index < -0.39 is 23.4 Å². The molecule has 0 aromatic carbocycles. The van der Waals surface area contributed by atoms with Gasteiger partial charge in [-0.1, -0.05) is 13.0 Å². The highest BCUT2D eigenvalue weighted by atomic mass is 16.4. The summed E-state index contributed by atoms with van der Waals surface area (Å²) in [5.41, 5.74) is -0.156. The molecule has 0 fully saturated rings. The summed E-state index contributed by atoms with van der Waals surface area (Å²) in [6.07, 6.45) is 3.12. The zero-order chi connectivity index (χ0) is 15.4. The number of aromatic nitrogens is 2. The van der Waals surface area contributed by atoms with E-state index in [4.69, 9.17) is 5.11 Å². The minimum atomic E-state index is -0.980. The minimum absolute atomic E-state index is 0.0262. The van der Waals surface area contributed by atoms with E-state index in [0.717, 1.165) is 0 Å². The van der Waals surface area contributed by atoms with Gasteiger partial charge in [0.05, 0.1) is 5.92 Å². The Kier molecular flexibility index (Phi) is 4.32. The van der Waals surface area contributed by atoms with Crippen molar-refractivity contribution >= 4 is 17.5 Å². The van der Waals surface area contributed by atoms with Crippen LogP contribution in [0.25, 0.3) is 5.65 Å². The highest BCUT2D eigenvalue weighted by molar-refractivity contribution is 5.93. The molecule has 1 amide bonds. The fraction of sp³-hybridized carbons (Fsp3) is 0.286. The molecule has 0 aliphatic rings. The predicted octanol–water partition coefficient (Wildman–Crippen LogP) is 0.535. The molecule has 7 nitrogen and oxygen atoms in total. The Balaban J connectivity index is 2.22. The first-order valence-electron chi connectivity index (χ1n) is 6.52. The molecule has 21 heavy (non-hydrogen) atoms. The Morgan fingerprint density at radius 1 is 1.43 bits per heavy atom. The summed E-state index contributed by atoms with van der Waals surface area (Å²) in [7, 11) is 0. The highest BCUT2D eigenvalue weighted by Crippen LogP contribution is 2.02. The normalized spacial score (nSPS) is 12.0. The standard InChI is InChI=1S/C14H15N3O4/c1-2-9(14(20)21)7-16-12(18)10-8-15-11-5-3-4-6-17(11)13(10)19/h3-6,8-9H,2,7H2,1H3,(H,16,18)(H,20,21). The van der Waals surface area contributed by atoms with Crippen LogP contribution in [0.4, 0.5) is 0 Å². The lowest BCUT2D eigenvalue weighted by molar-refractivity contribution is -0.141. The quantitative estimate of drug-likeness (QED) is 0.836. The lowest BCUT2D eigenvalue weighted by Crippen LogP contribution is -2.36. The van der Waals surface area contributed by atoms with Crippen molar-refractivity contribution in [3.05, 3.63) is 46.5 Å². The molecule has 2 heterocycles. The first-order valence-corrected chi connectivity index (χ1v) is 6.52. The molecule has 0 bridgehead atoms. The minimum Gasteiger partial charge on any atom is -0.481 e. The number of aliphatic carboxylic acids is 1. The van der Waals surface area contributed by atoms with Gasteiger partial charge in [0.25, 0.3) is 11.5 Å². The molecule has 2 N–H and O–H groups in total. The van der Waals surface area contributed by atoms with Crippen LogP contribution in [0.3, 0.4) is 0 Å². The molecular formula is C14H15N3O4. The van der Waals surface area contributed by atoms with Crippen molar-refractivity contribution in [3.8, 4) is 0 Å². The van der Waals surface area contributed by atoms with Crippen LogP contribution in [0.15, 0.2) is 35.4 Å². The average Bonchev–Trinajstić information content (AvgIpc) is 2.48. The van der Waals surface area contributed by atoms with Crippen molar-refractivity contribution in [1.82, 2.24) is 14.7 Å². The number of nitrogens with one attached hydrogen (secondary N) is 1. The van der Waals surface area contributed by atoms with Crippen molar-refractivity contribution in [1.29, 1.82) is 0 Å². The molecule has 0 aliphatic carbocycles. The Morgan fingerprint density at radius 3 is 2.86 bits per heavy atom. The number of hydrogen-bond donors (Lipinski definition) is 2. The molecule has 2 aromatic rings. The van der Waals surface area contributed by atoms with E-state index in [-0.39, 0.29) is 12.1 Å². The zero-order valence-electron chi connectivity index (χ0n) is 11.4. The number of carbonyl (C=O) groups excluding carboxylic acids is 1. The lowest BCUT2D eigenvalue weighted by Gasteiger charge is -2.11. The Morgan fingerprint density at radius 2 is 2.19 bits per heavy atom. The molecule has 110 valence electrons. The van der Waals surface area contributed by atoms with Gasteiger partial charge in [-0.15, -0.1) is 0 Å². The van der Waals surface area contributed by atoms with Crippen LogP contribution in [0.5, 0.6) is 0 Å². The summed E-state index contributed by atoms with van der Waals surface area (Å²) in [5.74, 6) is -2.28. The van der Waals surface area contributed by atoms with Gasteiger partial charge in [0.15, 0.2) is 0 Å². The van der Waals surface area contributed by atoms with Crippen molar-refractivity contribution in [2.45, 2.75) is 13.3 Å². The Bertz CT molecular complexity index is 738. The van der Waals surface area contributed by atoms with Crippen LogP contribution in [0, 0.1) is 5.92 Å². The van der Waals surface area contributed by atoms with Crippen LogP contribution in [0.2, 0.25) is 0 Å². The summed E-state index contributed by atoms with van der Waals surface area (Å²) in [4.78, 5) is 39.1. The zero-order valence-corrected chi connectivity index (χ0v) is 11.4. The number of carboxylic acids is 1. The molecule has 0 aliphatic heterocycles. The van der Waals surface area contributed by atoms with Crippen LogP contribution < -0.4 is 10.9 Å². The first-order chi connectivity index (χ1) is 10.0. The second-order valence-electron chi connectivity index (χ2n) is 4.56. The van der Waals surface area contributed by atoms with Gasteiger partial charge in [-0.05, 0) is 18.6 Å². The lowest BCUT2D eigenvalue weighted by atomic mass is 10.1. The molecule has 1 atom stereocenters. The molecule has 0 saturated carbocycles. The van der Waals surface area contributed by atoms with Gasteiger partial charge >= 0.3 is 5.97 Å². The maximum absolute atomic E-state index is 12.2. The number of pyridine rings is 1. The molecule has 0 spiro atoms.